The number of imidazole rings is 1. The Morgan fingerprint density at radius 1 is 1.21 bits per heavy atom. The van der Waals surface area contributed by atoms with Crippen LogP contribution in [0, 0.1) is 0 Å². The van der Waals surface area contributed by atoms with Gasteiger partial charge in [-0.15, -0.1) is 11.3 Å². The zero-order chi connectivity index (χ0) is 24.2. The lowest BCUT2D eigenvalue weighted by Gasteiger charge is -2.16. The minimum atomic E-state index is -0.505. The molecule has 1 atom stereocenters. The molecule has 34 heavy (non-hydrogen) atoms. The molecular formula is C25H21ClN2O5S. The number of hydrogen-bond acceptors (Lipinski definition) is 7. The Kier molecular flexibility index (Phi) is 7.00. The number of hydrogen-bond donors (Lipinski definition) is 0. The molecule has 174 valence electrons. The third-order valence-electron chi connectivity index (χ3n) is 5.06. The van der Waals surface area contributed by atoms with Crippen molar-refractivity contribution in [1.82, 2.24) is 9.55 Å². The SMILES string of the molecule is C=CCOC(=O)c1ccc2c(c1)ncn2-c1cc(OC(C)c2ccccc2Cl)c(C(=O)OC)s1. The second kappa shape index (κ2) is 10.1. The molecule has 0 N–H and O–H groups in total. The van der Waals surface area contributed by atoms with Crippen molar-refractivity contribution >= 4 is 45.9 Å². The number of carbonyl (C=O) groups excluding carboxylic acids is 2. The summed E-state index contributed by atoms with van der Waals surface area (Å²) < 4.78 is 18.0. The number of methoxy groups -OCH3 is 1. The first-order valence-corrected chi connectivity index (χ1v) is 11.5. The summed E-state index contributed by atoms with van der Waals surface area (Å²) in [6, 6.07) is 14.2. The van der Waals surface area contributed by atoms with Gasteiger partial charge in [0.05, 0.1) is 23.7 Å². The van der Waals surface area contributed by atoms with Gasteiger partial charge in [0.15, 0.2) is 4.88 Å². The Hall–Kier alpha value is -3.62. The Morgan fingerprint density at radius 3 is 2.74 bits per heavy atom. The molecule has 0 fully saturated rings. The van der Waals surface area contributed by atoms with E-state index in [1.54, 1.807) is 36.7 Å². The molecule has 2 aromatic heterocycles. The molecule has 0 saturated carbocycles. The van der Waals surface area contributed by atoms with Crippen molar-refractivity contribution in [2.24, 2.45) is 0 Å². The normalized spacial score (nSPS) is 11.7. The maximum atomic E-state index is 12.5. The highest BCUT2D eigenvalue weighted by atomic mass is 35.5. The average Bonchev–Trinajstić information content (AvgIpc) is 3.45. The van der Waals surface area contributed by atoms with Gasteiger partial charge in [-0.1, -0.05) is 42.5 Å². The van der Waals surface area contributed by atoms with Gasteiger partial charge in [-0.25, -0.2) is 14.6 Å². The lowest BCUT2D eigenvalue weighted by Crippen LogP contribution is -2.07. The smallest absolute Gasteiger partial charge is 0.351 e. The summed E-state index contributed by atoms with van der Waals surface area (Å²) in [5, 5.41) is 1.28. The molecule has 0 aliphatic carbocycles. The number of thiophene rings is 1. The molecule has 0 spiro atoms. The summed E-state index contributed by atoms with van der Waals surface area (Å²) in [6.07, 6.45) is 2.73. The number of aromatic nitrogens is 2. The van der Waals surface area contributed by atoms with Crippen LogP contribution in [0.3, 0.4) is 0 Å². The largest absolute Gasteiger partial charge is 0.484 e. The second-order valence-electron chi connectivity index (χ2n) is 7.26. The van der Waals surface area contributed by atoms with Crippen LogP contribution in [0.5, 0.6) is 5.75 Å². The van der Waals surface area contributed by atoms with Crippen molar-refractivity contribution in [1.29, 1.82) is 0 Å². The molecule has 0 aliphatic rings. The molecule has 9 heteroatoms. The fourth-order valence-electron chi connectivity index (χ4n) is 3.40. The van der Waals surface area contributed by atoms with Crippen molar-refractivity contribution < 1.29 is 23.8 Å². The Morgan fingerprint density at radius 2 is 2.00 bits per heavy atom. The third kappa shape index (κ3) is 4.69. The van der Waals surface area contributed by atoms with Crippen LogP contribution >= 0.6 is 22.9 Å². The molecule has 2 aromatic carbocycles. The number of carbonyl (C=O) groups is 2. The summed E-state index contributed by atoms with van der Waals surface area (Å²) in [5.74, 6) is -0.579. The number of rotatable bonds is 8. The quantitative estimate of drug-likeness (QED) is 0.219. The lowest BCUT2D eigenvalue weighted by atomic mass is 10.1. The van der Waals surface area contributed by atoms with E-state index in [1.165, 1.54) is 24.5 Å². The van der Waals surface area contributed by atoms with Gasteiger partial charge in [0.25, 0.3) is 0 Å². The van der Waals surface area contributed by atoms with E-state index in [0.717, 1.165) is 11.1 Å². The summed E-state index contributed by atoms with van der Waals surface area (Å²) in [7, 11) is 1.32. The van der Waals surface area contributed by atoms with Crippen LogP contribution in [0.2, 0.25) is 5.02 Å². The Bertz CT molecular complexity index is 1380. The molecule has 0 radical (unpaired) electrons. The highest BCUT2D eigenvalue weighted by molar-refractivity contribution is 7.16. The minimum absolute atomic E-state index is 0.131. The molecule has 1 unspecified atom stereocenters. The molecule has 0 aliphatic heterocycles. The predicted octanol–water partition coefficient (Wildman–Crippen LogP) is 6.01. The molecular weight excluding hydrogens is 476 g/mol. The third-order valence-corrected chi connectivity index (χ3v) is 6.50. The van der Waals surface area contributed by atoms with Crippen molar-refractivity contribution in [3.05, 3.63) is 88.5 Å². The number of nitrogens with zero attached hydrogens (tertiary/aromatic N) is 2. The van der Waals surface area contributed by atoms with E-state index >= 15 is 0 Å². The van der Waals surface area contributed by atoms with Crippen LogP contribution in [0.4, 0.5) is 0 Å². The molecule has 4 aromatic rings. The predicted molar refractivity (Wildman–Crippen MR) is 131 cm³/mol. The van der Waals surface area contributed by atoms with Crippen LogP contribution in [0.25, 0.3) is 16.0 Å². The second-order valence-corrected chi connectivity index (χ2v) is 8.69. The van der Waals surface area contributed by atoms with Crippen molar-refractivity contribution in [3.8, 4) is 10.8 Å². The van der Waals surface area contributed by atoms with Gasteiger partial charge in [0, 0.05) is 16.7 Å². The molecule has 0 bridgehead atoms. The average molecular weight is 497 g/mol. The summed E-state index contributed by atoms with van der Waals surface area (Å²) >= 11 is 7.53. The van der Waals surface area contributed by atoms with Crippen molar-refractivity contribution in [3.63, 3.8) is 0 Å². The van der Waals surface area contributed by atoms with E-state index in [-0.39, 0.29) is 6.61 Å². The first-order valence-electron chi connectivity index (χ1n) is 10.3. The van der Waals surface area contributed by atoms with Crippen LogP contribution in [0.1, 0.15) is 38.6 Å². The van der Waals surface area contributed by atoms with E-state index in [4.69, 9.17) is 25.8 Å². The van der Waals surface area contributed by atoms with Crippen molar-refractivity contribution in [2.45, 2.75) is 13.0 Å². The molecule has 7 nitrogen and oxygen atoms in total. The first-order chi connectivity index (χ1) is 16.4. The van der Waals surface area contributed by atoms with Gasteiger partial charge in [-0.2, -0.15) is 0 Å². The van der Waals surface area contributed by atoms with Gasteiger partial charge < -0.3 is 14.2 Å². The zero-order valence-electron chi connectivity index (χ0n) is 18.5. The summed E-state index contributed by atoms with van der Waals surface area (Å²) in [5.41, 5.74) is 2.55. The zero-order valence-corrected chi connectivity index (χ0v) is 20.1. The maximum absolute atomic E-state index is 12.5. The molecule has 0 amide bonds. The number of ether oxygens (including phenoxy) is 3. The summed E-state index contributed by atoms with van der Waals surface area (Å²) in [6.45, 7) is 5.53. The van der Waals surface area contributed by atoms with E-state index < -0.39 is 18.0 Å². The number of fused-ring (bicyclic) bond motifs is 1. The van der Waals surface area contributed by atoms with E-state index in [2.05, 4.69) is 11.6 Å². The van der Waals surface area contributed by atoms with Crippen LogP contribution in [0.15, 0.2) is 67.5 Å². The van der Waals surface area contributed by atoms with Crippen LogP contribution in [-0.4, -0.2) is 35.2 Å². The summed E-state index contributed by atoms with van der Waals surface area (Å²) in [4.78, 5) is 29.3. The maximum Gasteiger partial charge on any atom is 0.351 e. The van der Waals surface area contributed by atoms with Gasteiger partial charge >= 0.3 is 11.9 Å². The van der Waals surface area contributed by atoms with E-state index in [9.17, 15) is 9.59 Å². The van der Waals surface area contributed by atoms with Gasteiger partial charge in [0.1, 0.15) is 29.8 Å². The van der Waals surface area contributed by atoms with Crippen LogP contribution < -0.4 is 4.74 Å². The topological polar surface area (TPSA) is 79.6 Å². The van der Waals surface area contributed by atoms with Gasteiger partial charge in [-0.3, -0.25) is 4.57 Å². The standard InChI is InChI=1S/C25H21ClN2O5S/c1-4-11-32-24(29)16-9-10-20-19(12-16)27-14-28(20)22-13-21(23(34-22)25(30)31-3)33-15(2)17-7-5-6-8-18(17)26/h4-10,12-15H,1,11H2,2-3H3. The van der Waals surface area contributed by atoms with E-state index in [1.807, 2.05) is 29.7 Å². The number of benzene rings is 2. The van der Waals surface area contributed by atoms with Crippen molar-refractivity contribution in [2.75, 3.05) is 13.7 Å². The fourth-order valence-corrected chi connectivity index (χ4v) is 4.68. The highest BCUT2D eigenvalue weighted by Crippen LogP contribution is 2.37. The number of esters is 2. The number of halogens is 1. The van der Waals surface area contributed by atoms with Gasteiger partial charge in [-0.05, 0) is 31.2 Å². The molecule has 4 rings (SSSR count). The lowest BCUT2D eigenvalue weighted by molar-refractivity contribution is 0.0548. The first kappa shape index (κ1) is 23.5. The molecule has 0 saturated heterocycles. The Balaban J connectivity index is 1.69. The monoisotopic (exact) mass is 496 g/mol. The van der Waals surface area contributed by atoms with Crippen LogP contribution in [-0.2, 0) is 9.47 Å². The fraction of sp³-hybridized carbons (Fsp3) is 0.160. The Labute approximate surface area is 205 Å². The van der Waals surface area contributed by atoms with Gasteiger partial charge in [0.2, 0.25) is 0 Å². The van der Waals surface area contributed by atoms with E-state index in [0.29, 0.717) is 31.7 Å². The minimum Gasteiger partial charge on any atom is -0.484 e. The molecule has 2 heterocycles. The highest BCUT2D eigenvalue weighted by Gasteiger charge is 2.23.